The number of benzene rings is 4. The van der Waals surface area contributed by atoms with Crippen LogP contribution in [0.2, 0.25) is 0 Å². The minimum atomic E-state index is -0.620. The Morgan fingerprint density at radius 1 is 0.900 bits per heavy atom. The summed E-state index contributed by atoms with van der Waals surface area (Å²) in [6, 6.07) is 29.9. The van der Waals surface area contributed by atoms with Gasteiger partial charge in [-0.3, -0.25) is 0 Å². The molecule has 6 rings (SSSR count). The van der Waals surface area contributed by atoms with E-state index in [1.807, 2.05) is 86.6 Å². The second kappa shape index (κ2) is 10.0. The van der Waals surface area contributed by atoms with Gasteiger partial charge in [0.15, 0.2) is 0 Å². The summed E-state index contributed by atoms with van der Waals surface area (Å²) in [5.41, 5.74) is 10.4. The van der Waals surface area contributed by atoms with Crippen LogP contribution in [0.1, 0.15) is 38.7 Å². The van der Waals surface area contributed by atoms with Gasteiger partial charge in [-0.25, -0.2) is 4.79 Å². The molecule has 5 aromatic rings. The number of carbonyl (C=O) groups excluding carboxylic acids is 1. The predicted molar refractivity (Wildman–Crippen MR) is 149 cm³/mol. The number of esters is 1. The van der Waals surface area contributed by atoms with Crippen molar-refractivity contribution in [1.82, 2.24) is 0 Å². The number of aryl methyl sites for hydroxylation is 2. The number of carbonyl (C=O) groups is 1. The molecule has 0 aliphatic carbocycles. The molecule has 0 spiro atoms. The Morgan fingerprint density at radius 3 is 2.50 bits per heavy atom. The van der Waals surface area contributed by atoms with Crippen LogP contribution in [-0.2, 0) is 0 Å². The number of rotatable bonds is 5. The van der Waals surface area contributed by atoms with Crippen molar-refractivity contribution in [3.63, 3.8) is 0 Å². The van der Waals surface area contributed by atoms with Crippen LogP contribution in [0.4, 0.5) is 0 Å². The lowest BCUT2D eigenvalue weighted by Crippen LogP contribution is -2.21. The molecule has 4 aromatic carbocycles. The van der Waals surface area contributed by atoms with E-state index >= 15 is 0 Å². The average molecular weight is 529 g/mol. The highest BCUT2D eigenvalue weighted by atomic mass is 16.5. The molecule has 1 unspecified atom stereocenters. The molecule has 1 aliphatic heterocycles. The second-order valence-electron chi connectivity index (χ2n) is 9.56. The van der Waals surface area contributed by atoms with E-state index < -0.39 is 11.9 Å². The van der Waals surface area contributed by atoms with E-state index in [9.17, 15) is 10.1 Å². The first-order chi connectivity index (χ1) is 19.4. The number of hydrogen-bond donors (Lipinski definition) is 1. The van der Waals surface area contributed by atoms with Gasteiger partial charge in [-0.1, -0.05) is 48.0 Å². The van der Waals surface area contributed by atoms with Gasteiger partial charge >= 0.3 is 5.97 Å². The lowest BCUT2D eigenvalue weighted by molar-refractivity contribution is 0.0702. The number of para-hydroxylation sites is 1. The number of nitrogens with two attached hydrogens (primary N) is 1. The molecule has 0 amide bonds. The zero-order valence-electron chi connectivity index (χ0n) is 21.8. The molecule has 196 valence electrons. The Labute approximate surface area is 230 Å². The highest BCUT2D eigenvalue weighted by molar-refractivity contribution is 5.97. The van der Waals surface area contributed by atoms with Crippen molar-refractivity contribution in [2.24, 2.45) is 5.73 Å². The van der Waals surface area contributed by atoms with Crippen molar-refractivity contribution in [2.45, 2.75) is 19.8 Å². The topological polar surface area (TPSA) is 108 Å². The first-order valence-electron chi connectivity index (χ1n) is 12.7. The first-order valence-corrected chi connectivity index (χ1v) is 12.7. The summed E-state index contributed by atoms with van der Waals surface area (Å²) >= 11 is 0. The summed E-state index contributed by atoms with van der Waals surface area (Å²) in [6.45, 7) is 3.81. The molecule has 0 saturated heterocycles. The number of allylic oxidation sites excluding steroid dienone is 1. The van der Waals surface area contributed by atoms with Gasteiger partial charge in [0, 0.05) is 22.6 Å². The third-order valence-electron chi connectivity index (χ3n) is 6.85. The van der Waals surface area contributed by atoms with Gasteiger partial charge in [-0.05, 0) is 61.9 Å². The van der Waals surface area contributed by atoms with E-state index in [1.54, 1.807) is 18.2 Å². The molecule has 1 atom stereocenters. The van der Waals surface area contributed by atoms with Gasteiger partial charge in [0.1, 0.15) is 40.2 Å². The minimum Gasteiger partial charge on any atom is -0.457 e. The van der Waals surface area contributed by atoms with E-state index in [-0.39, 0.29) is 23.0 Å². The van der Waals surface area contributed by atoms with E-state index in [0.29, 0.717) is 34.0 Å². The normalized spacial score (nSPS) is 14.3. The van der Waals surface area contributed by atoms with E-state index in [4.69, 9.17) is 24.4 Å². The van der Waals surface area contributed by atoms with Gasteiger partial charge in [-0.15, -0.1) is 0 Å². The molecular formula is C33H24N2O5. The Hall–Kier alpha value is -5.48. The summed E-state index contributed by atoms with van der Waals surface area (Å²) in [4.78, 5) is 13.0. The van der Waals surface area contributed by atoms with E-state index in [2.05, 4.69) is 6.07 Å². The van der Waals surface area contributed by atoms with Gasteiger partial charge < -0.3 is 24.4 Å². The van der Waals surface area contributed by atoms with E-state index in [0.717, 1.165) is 16.5 Å². The number of nitrogens with zero attached hydrogens (tertiary/aromatic N) is 1. The molecule has 2 N–H and O–H groups in total. The van der Waals surface area contributed by atoms with Crippen molar-refractivity contribution < 1.29 is 23.4 Å². The number of furan rings is 1. The summed E-state index contributed by atoms with van der Waals surface area (Å²) in [5, 5.41) is 10.8. The third kappa shape index (κ3) is 4.52. The van der Waals surface area contributed by atoms with Crippen LogP contribution >= 0.6 is 0 Å². The minimum absolute atomic E-state index is 0.0126. The summed E-state index contributed by atoms with van der Waals surface area (Å²) in [6.07, 6.45) is 0. The van der Waals surface area contributed by atoms with Crippen LogP contribution in [0.15, 0.2) is 107 Å². The Balaban J connectivity index is 1.31. The third-order valence-corrected chi connectivity index (χ3v) is 6.85. The fourth-order valence-electron chi connectivity index (χ4n) is 4.91. The average Bonchev–Trinajstić information content (AvgIpc) is 3.28. The van der Waals surface area contributed by atoms with Crippen LogP contribution in [0.25, 0.3) is 11.0 Å². The van der Waals surface area contributed by atoms with Crippen molar-refractivity contribution in [3.05, 3.63) is 130 Å². The highest BCUT2D eigenvalue weighted by Crippen LogP contribution is 2.44. The fourth-order valence-corrected chi connectivity index (χ4v) is 4.91. The molecular weight excluding hydrogens is 504 g/mol. The molecule has 0 fully saturated rings. The van der Waals surface area contributed by atoms with Gasteiger partial charge in [-0.2, -0.15) is 5.26 Å². The highest BCUT2D eigenvalue weighted by Gasteiger charge is 2.31. The lowest BCUT2D eigenvalue weighted by atomic mass is 9.83. The van der Waals surface area contributed by atoms with E-state index in [1.165, 1.54) is 0 Å². The smallest absolute Gasteiger partial charge is 0.379 e. The Bertz CT molecular complexity index is 1850. The largest absolute Gasteiger partial charge is 0.457 e. The maximum Gasteiger partial charge on any atom is 0.379 e. The van der Waals surface area contributed by atoms with Gasteiger partial charge in [0.05, 0.1) is 5.92 Å². The van der Waals surface area contributed by atoms with Gasteiger partial charge in [0.2, 0.25) is 11.6 Å². The van der Waals surface area contributed by atoms with Crippen molar-refractivity contribution in [1.29, 1.82) is 5.26 Å². The molecule has 0 bridgehead atoms. The van der Waals surface area contributed by atoms with Crippen LogP contribution in [-0.4, -0.2) is 5.97 Å². The van der Waals surface area contributed by atoms with Crippen LogP contribution in [0, 0.1) is 25.2 Å². The molecule has 2 heterocycles. The van der Waals surface area contributed by atoms with Gasteiger partial charge in [0.25, 0.3) is 0 Å². The number of ether oxygens (including phenoxy) is 3. The summed E-state index contributed by atoms with van der Waals surface area (Å²) in [5.74, 6) is 0.966. The van der Waals surface area contributed by atoms with Crippen LogP contribution < -0.4 is 19.9 Å². The quantitative estimate of drug-likeness (QED) is 0.189. The number of hydrogen-bond acceptors (Lipinski definition) is 7. The standard InChI is InChI=1S/C33H24N2O5/c1-19-11-14-28-26(15-19)20(2)31(39-28)33(36)38-24-12-13-25-29(17-24)40-32(35)27(18-34)30(25)21-7-6-10-23(16-21)37-22-8-4-3-5-9-22/h3-17,30H,35H2,1-2H3. The molecule has 1 aromatic heterocycles. The van der Waals surface area contributed by atoms with Crippen LogP contribution in [0.5, 0.6) is 23.0 Å². The fraction of sp³-hybridized carbons (Fsp3) is 0.0909. The molecule has 1 aliphatic rings. The zero-order valence-corrected chi connectivity index (χ0v) is 21.8. The number of nitriles is 1. The summed E-state index contributed by atoms with van der Waals surface area (Å²) < 4.78 is 23.3. The lowest BCUT2D eigenvalue weighted by Gasteiger charge is -2.27. The van der Waals surface area contributed by atoms with Crippen LogP contribution in [0.3, 0.4) is 0 Å². The number of fused-ring (bicyclic) bond motifs is 2. The summed E-state index contributed by atoms with van der Waals surface area (Å²) in [7, 11) is 0. The Morgan fingerprint density at radius 2 is 1.70 bits per heavy atom. The monoisotopic (exact) mass is 528 g/mol. The van der Waals surface area contributed by atoms with Crippen molar-refractivity contribution >= 4 is 16.9 Å². The molecule has 7 nitrogen and oxygen atoms in total. The van der Waals surface area contributed by atoms with Crippen molar-refractivity contribution in [3.8, 4) is 29.1 Å². The molecule has 0 saturated carbocycles. The zero-order chi connectivity index (χ0) is 27.8. The predicted octanol–water partition coefficient (Wildman–Crippen LogP) is 7.28. The maximum absolute atomic E-state index is 13.0. The Kier molecular flexibility index (Phi) is 6.21. The second-order valence-corrected chi connectivity index (χ2v) is 9.56. The SMILES string of the molecule is Cc1ccc2oc(C(=O)Oc3ccc4c(c3)OC(N)=C(C#N)C4c3cccc(Oc4ccccc4)c3)c(C)c2c1. The molecule has 0 radical (unpaired) electrons. The maximum atomic E-state index is 13.0. The molecule has 7 heteroatoms. The molecule has 40 heavy (non-hydrogen) atoms. The first kappa shape index (κ1) is 24.8. The van der Waals surface area contributed by atoms with Crippen molar-refractivity contribution in [2.75, 3.05) is 0 Å².